The molecule has 0 radical (unpaired) electrons. The molecule has 1 atom stereocenters. The highest BCUT2D eigenvalue weighted by atomic mass is 32.2. The monoisotopic (exact) mass is 263 g/mol. The summed E-state index contributed by atoms with van der Waals surface area (Å²) in [5.41, 5.74) is 0.303. The highest BCUT2D eigenvalue weighted by Gasteiger charge is 2.23. The zero-order chi connectivity index (χ0) is 13.7. The summed E-state index contributed by atoms with van der Waals surface area (Å²) in [6.07, 6.45) is 1.06. The van der Waals surface area contributed by atoms with E-state index in [1.54, 1.807) is 6.92 Å². The molecule has 17 heavy (non-hydrogen) atoms. The Kier molecular flexibility index (Phi) is 6.70. The molecule has 1 unspecified atom stereocenters. The van der Waals surface area contributed by atoms with Gasteiger partial charge in [-0.3, -0.25) is 0 Å². The van der Waals surface area contributed by atoms with Crippen molar-refractivity contribution in [2.24, 2.45) is 11.3 Å². The summed E-state index contributed by atoms with van der Waals surface area (Å²) in [7, 11) is -2.94. The summed E-state index contributed by atoms with van der Waals surface area (Å²) in [4.78, 5) is 0. The molecule has 0 amide bonds. The van der Waals surface area contributed by atoms with Crippen molar-refractivity contribution in [1.29, 1.82) is 0 Å². The van der Waals surface area contributed by atoms with Crippen LogP contribution in [0.1, 0.15) is 48.0 Å². The van der Waals surface area contributed by atoms with Crippen LogP contribution in [0.4, 0.5) is 0 Å². The van der Waals surface area contributed by atoms with Gasteiger partial charge in [-0.15, -0.1) is 0 Å². The molecule has 0 spiro atoms. The number of rotatable bonds is 7. The molecule has 0 aliphatic rings. The number of sulfone groups is 1. The molecule has 0 saturated heterocycles. The minimum absolute atomic E-state index is 0.189. The third-order valence-corrected chi connectivity index (χ3v) is 5.57. The Morgan fingerprint density at radius 3 is 2.00 bits per heavy atom. The molecule has 0 aliphatic carbocycles. The van der Waals surface area contributed by atoms with Crippen molar-refractivity contribution in [1.82, 2.24) is 5.32 Å². The van der Waals surface area contributed by atoms with Crippen LogP contribution in [0.2, 0.25) is 0 Å². The number of nitrogens with one attached hydrogen (secondary N) is 1. The maximum absolute atomic E-state index is 11.9. The number of hydrogen-bond donors (Lipinski definition) is 1. The van der Waals surface area contributed by atoms with Crippen molar-refractivity contribution >= 4 is 9.84 Å². The van der Waals surface area contributed by atoms with E-state index in [2.05, 4.69) is 26.1 Å². The zero-order valence-electron chi connectivity index (χ0n) is 12.2. The molecule has 104 valence electrons. The summed E-state index contributed by atoms with van der Waals surface area (Å²) in [6, 6.07) is 0. The molecule has 0 rings (SSSR count). The van der Waals surface area contributed by atoms with E-state index >= 15 is 0 Å². The lowest BCUT2D eigenvalue weighted by Gasteiger charge is -2.19. The fourth-order valence-corrected chi connectivity index (χ4v) is 3.03. The van der Waals surface area contributed by atoms with Gasteiger partial charge in [0.2, 0.25) is 0 Å². The van der Waals surface area contributed by atoms with Crippen molar-refractivity contribution < 1.29 is 8.42 Å². The summed E-state index contributed by atoms with van der Waals surface area (Å²) in [6.45, 7) is 13.7. The maximum Gasteiger partial charge on any atom is 0.154 e. The third-order valence-electron chi connectivity index (χ3n) is 3.12. The number of hydrogen-bond acceptors (Lipinski definition) is 3. The topological polar surface area (TPSA) is 46.2 Å². The van der Waals surface area contributed by atoms with Gasteiger partial charge in [0.05, 0.1) is 11.0 Å². The summed E-state index contributed by atoms with van der Waals surface area (Å²) < 4.78 is 23.8. The van der Waals surface area contributed by atoms with Crippen LogP contribution in [0.3, 0.4) is 0 Å². The first kappa shape index (κ1) is 16.9. The molecular weight excluding hydrogens is 234 g/mol. The molecule has 0 aromatic carbocycles. The van der Waals surface area contributed by atoms with Crippen LogP contribution in [0.5, 0.6) is 0 Å². The largest absolute Gasteiger partial charge is 0.316 e. The summed E-state index contributed by atoms with van der Waals surface area (Å²) in [5, 5.41) is 2.97. The second-order valence-corrected chi connectivity index (χ2v) is 8.85. The average Bonchev–Trinajstić information content (AvgIpc) is 2.13. The van der Waals surface area contributed by atoms with E-state index in [1.807, 2.05) is 13.8 Å². The molecule has 0 fully saturated rings. The average molecular weight is 263 g/mol. The van der Waals surface area contributed by atoms with E-state index in [1.165, 1.54) is 0 Å². The molecule has 0 aromatic rings. The van der Waals surface area contributed by atoms with Crippen LogP contribution in [0.15, 0.2) is 0 Å². The van der Waals surface area contributed by atoms with Gasteiger partial charge in [-0.1, -0.05) is 34.6 Å². The second kappa shape index (κ2) is 6.74. The van der Waals surface area contributed by atoms with Crippen molar-refractivity contribution in [2.75, 3.05) is 18.8 Å². The lowest BCUT2D eigenvalue weighted by Crippen LogP contribution is -2.32. The molecule has 0 heterocycles. The summed E-state index contributed by atoms with van der Waals surface area (Å²) >= 11 is 0. The lowest BCUT2D eigenvalue weighted by molar-refractivity contribution is 0.369. The van der Waals surface area contributed by atoms with E-state index in [4.69, 9.17) is 0 Å². The van der Waals surface area contributed by atoms with Crippen LogP contribution in [0.25, 0.3) is 0 Å². The predicted molar refractivity (Wildman–Crippen MR) is 75.0 cm³/mol. The smallest absolute Gasteiger partial charge is 0.154 e. The predicted octanol–water partition coefficient (Wildman–Crippen LogP) is 2.47. The van der Waals surface area contributed by atoms with Crippen molar-refractivity contribution in [3.8, 4) is 0 Å². The van der Waals surface area contributed by atoms with Gasteiger partial charge in [-0.05, 0) is 31.2 Å². The molecule has 3 nitrogen and oxygen atoms in total. The van der Waals surface area contributed by atoms with E-state index < -0.39 is 9.84 Å². The molecule has 0 aliphatic heterocycles. The van der Waals surface area contributed by atoms with Crippen molar-refractivity contribution in [2.45, 2.75) is 53.2 Å². The maximum atomic E-state index is 11.9. The van der Waals surface area contributed by atoms with E-state index in [0.29, 0.717) is 12.0 Å². The van der Waals surface area contributed by atoms with Gasteiger partial charge in [0.15, 0.2) is 9.84 Å². The van der Waals surface area contributed by atoms with Crippen LogP contribution in [-0.4, -0.2) is 32.5 Å². The Hall–Kier alpha value is -0.0900. The van der Waals surface area contributed by atoms with Gasteiger partial charge in [0.1, 0.15) is 0 Å². The van der Waals surface area contributed by atoms with Gasteiger partial charge < -0.3 is 5.32 Å². The minimum atomic E-state index is -2.94. The Balaban J connectivity index is 3.90. The standard InChI is InChI=1S/C13H29NO2S/c1-11(2)12(3)17(15,16)10-9-14-8-7-13(4,5)6/h11-12,14H,7-10H2,1-6H3. The first-order valence-electron chi connectivity index (χ1n) is 6.48. The quantitative estimate of drug-likeness (QED) is 0.718. The molecule has 4 heteroatoms. The highest BCUT2D eigenvalue weighted by molar-refractivity contribution is 7.92. The van der Waals surface area contributed by atoms with Crippen LogP contribution < -0.4 is 5.32 Å². The molecule has 1 N–H and O–H groups in total. The SMILES string of the molecule is CC(C)C(C)S(=O)(=O)CCNCCC(C)(C)C. The van der Waals surface area contributed by atoms with Gasteiger partial charge in [-0.25, -0.2) is 8.42 Å². The minimum Gasteiger partial charge on any atom is -0.316 e. The first-order chi connectivity index (χ1) is 7.56. The Bertz CT molecular complexity index is 302. The zero-order valence-corrected chi connectivity index (χ0v) is 13.0. The second-order valence-electron chi connectivity index (χ2n) is 6.38. The molecule has 0 saturated carbocycles. The first-order valence-corrected chi connectivity index (χ1v) is 8.20. The Morgan fingerprint density at radius 2 is 1.59 bits per heavy atom. The van der Waals surface area contributed by atoms with Gasteiger partial charge >= 0.3 is 0 Å². The molecule has 0 bridgehead atoms. The van der Waals surface area contributed by atoms with Crippen molar-refractivity contribution in [3.63, 3.8) is 0 Å². The van der Waals surface area contributed by atoms with Crippen LogP contribution in [-0.2, 0) is 9.84 Å². The normalized spacial score (nSPS) is 15.2. The summed E-state index contributed by atoms with van der Waals surface area (Å²) in [5.74, 6) is 0.436. The van der Waals surface area contributed by atoms with Gasteiger partial charge in [-0.2, -0.15) is 0 Å². The van der Waals surface area contributed by atoms with Gasteiger partial charge in [0, 0.05) is 6.54 Å². The van der Waals surface area contributed by atoms with Crippen LogP contribution >= 0.6 is 0 Å². The van der Waals surface area contributed by atoms with E-state index in [-0.39, 0.29) is 16.9 Å². The fourth-order valence-electron chi connectivity index (χ4n) is 1.40. The van der Waals surface area contributed by atoms with Gasteiger partial charge in [0.25, 0.3) is 0 Å². The molecular formula is C13H29NO2S. The molecule has 0 aromatic heterocycles. The Labute approximate surface area is 107 Å². The fraction of sp³-hybridized carbons (Fsp3) is 1.00. The highest BCUT2D eigenvalue weighted by Crippen LogP contribution is 2.17. The lowest BCUT2D eigenvalue weighted by atomic mass is 9.92. The Morgan fingerprint density at radius 1 is 1.06 bits per heavy atom. The van der Waals surface area contributed by atoms with E-state index in [9.17, 15) is 8.42 Å². The van der Waals surface area contributed by atoms with Crippen LogP contribution in [0, 0.1) is 11.3 Å². The van der Waals surface area contributed by atoms with Crippen molar-refractivity contribution in [3.05, 3.63) is 0 Å². The van der Waals surface area contributed by atoms with E-state index in [0.717, 1.165) is 13.0 Å². The third kappa shape index (κ3) is 7.77.